The first-order chi connectivity index (χ1) is 27.5. The summed E-state index contributed by atoms with van der Waals surface area (Å²) in [5.41, 5.74) is 5.58. The average Bonchev–Trinajstić information content (AvgIpc) is 4.06. The van der Waals surface area contributed by atoms with Crippen LogP contribution < -0.4 is 10.6 Å². The molecule has 3 aliphatic heterocycles. The minimum Gasteiger partial charge on any atom is -0.453 e. The van der Waals surface area contributed by atoms with Gasteiger partial charge in [-0.05, 0) is 91.7 Å². The number of nitrogens with zero attached hydrogens (tertiary/aromatic N) is 4. The molecule has 57 heavy (non-hydrogen) atoms. The van der Waals surface area contributed by atoms with E-state index in [1.807, 2.05) is 31.1 Å². The summed E-state index contributed by atoms with van der Waals surface area (Å²) in [6, 6.07) is 7.99. The van der Waals surface area contributed by atoms with Gasteiger partial charge in [0.1, 0.15) is 17.7 Å². The lowest BCUT2D eigenvalue weighted by molar-refractivity contribution is -0.136. The van der Waals surface area contributed by atoms with E-state index in [4.69, 9.17) is 19.4 Å². The normalized spacial score (nSPS) is 24.2. The predicted molar refractivity (Wildman–Crippen MR) is 219 cm³/mol. The highest BCUT2D eigenvalue weighted by atomic mass is 16.5. The van der Waals surface area contributed by atoms with Crippen LogP contribution in [-0.2, 0) is 24.5 Å². The van der Waals surface area contributed by atoms with E-state index in [0.29, 0.717) is 12.6 Å². The monoisotopic (exact) mass is 782 g/mol. The van der Waals surface area contributed by atoms with Crippen LogP contribution in [0.2, 0.25) is 0 Å². The van der Waals surface area contributed by atoms with Crippen molar-refractivity contribution < 1.29 is 23.9 Å². The van der Waals surface area contributed by atoms with E-state index in [0.717, 1.165) is 106 Å². The van der Waals surface area contributed by atoms with E-state index in [1.165, 1.54) is 18.2 Å². The van der Waals surface area contributed by atoms with Crippen LogP contribution >= 0.6 is 0 Å². The van der Waals surface area contributed by atoms with Crippen LogP contribution in [-0.4, -0.2) is 99.2 Å². The molecule has 5 atom stereocenters. The van der Waals surface area contributed by atoms with Crippen LogP contribution in [0.3, 0.4) is 0 Å². The van der Waals surface area contributed by atoms with Crippen molar-refractivity contribution in [3.8, 4) is 11.3 Å². The number of carbonyl (C=O) groups is 3. The summed E-state index contributed by atoms with van der Waals surface area (Å²) in [5.74, 6) is 1.82. The van der Waals surface area contributed by atoms with E-state index in [2.05, 4.69) is 76.6 Å². The Hall–Kier alpha value is -4.49. The number of alkyl carbamates (subject to hydrolysis) is 1. The van der Waals surface area contributed by atoms with Crippen LogP contribution in [0.5, 0.6) is 0 Å². The molecule has 13 nitrogen and oxygen atoms in total. The Kier molecular flexibility index (Phi) is 12.5. The summed E-state index contributed by atoms with van der Waals surface area (Å²) in [7, 11) is 1.30. The van der Waals surface area contributed by atoms with Gasteiger partial charge in [-0.1, -0.05) is 65.0 Å². The summed E-state index contributed by atoms with van der Waals surface area (Å²) < 4.78 is 10.3. The minimum atomic E-state index is -0.669. The van der Waals surface area contributed by atoms with Gasteiger partial charge in [0.25, 0.3) is 0 Å². The second kappa shape index (κ2) is 17.6. The van der Waals surface area contributed by atoms with Crippen molar-refractivity contribution in [3.05, 3.63) is 65.6 Å². The van der Waals surface area contributed by atoms with Gasteiger partial charge in [0.15, 0.2) is 0 Å². The Morgan fingerprint density at radius 3 is 1.98 bits per heavy atom. The van der Waals surface area contributed by atoms with Gasteiger partial charge < -0.3 is 39.9 Å². The maximum Gasteiger partial charge on any atom is 0.407 e. The maximum atomic E-state index is 14.0. The molecule has 0 radical (unpaired) electrons. The number of benzene rings is 1. The third-order valence-corrected chi connectivity index (χ3v) is 12.8. The first kappa shape index (κ1) is 40.7. The van der Waals surface area contributed by atoms with Gasteiger partial charge in [0.05, 0.1) is 49.0 Å². The van der Waals surface area contributed by atoms with Crippen molar-refractivity contribution in [1.82, 2.24) is 40.4 Å². The number of ether oxygens (including phenoxy) is 2. The Bertz CT molecular complexity index is 1900. The number of rotatable bonds is 12. The number of nitrogens with one attached hydrogen (secondary N) is 4. The molecule has 3 amide bonds. The lowest BCUT2D eigenvalue weighted by Crippen LogP contribution is -2.53. The number of H-pyrrole nitrogens is 2. The minimum absolute atomic E-state index is 0.00207. The highest BCUT2D eigenvalue weighted by molar-refractivity contribution is 5.86. The second-order valence-corrected chi connectivity index (χ2v) is 17.4. The zero-order valence-electron chi connectivity index (χ0n) is 34.6. The maximum absolute atomic E-state index is 14.0. The highest BCUT2D eigenvalue weighted by Crippen LogP contribution is 2.42. The molecule has 0 bridgehead atoms. The molecule has 3 fully saturated rings. The summed E-state index contributed by atoms with van der Waals surface area (Å²) in [6.07, 6.45) is 13.9. The Labute approximate surface area is 337 Å². The van der Waals surface area contributed by atoms with Gasteiger partial charge in [-0.2, -0.15) is 0 Å². The lowest BCUT2D eigenvalue weighted by Gasteiger charge is -2.34. The van der Waals surface area contributed by atoms with E-state index >= 15 is 0 Å². The number of hydrogen-bond acceptors (Lipinski definition) is 8. The molecule has 5 heterocycles. The zero-order chi connectivity index (χ0) is 40.3. The number of carbonyl (C=O) groups excluding carboxylic acids is 3. The van der Waals surface area contributed by atoms with Gasteiger partial charge >= 0.3 is 6.09 Å². The molecule has 308 valence electrons. The van der Waals surface area contributed by atoms with E-state index in [-0.39, 0.29) is 47.2 Å². The summed E-state index contributed by atoms with van der Waals surface area (Å²) in [6.45, 7) is 13.3. The van der Waals surface area contributed by atoms with Crippen molar-refractivity contribution in [2.75, 3.05) is 33.4 Å². The number of aromatic amines is 2. The fraction of sp³-hybridized carbons (Fsp3) is 0.614. The topological polar surface area (TPSA) is 158 Å². The lowest BCUT2D eigenvalue weighted by atomic mass is 9.71. The first-order valence-corrected chi connectivity index (χ1v) is 21.1. The smallest absolute Gasteiger partial charge is 0.407 e. The number of allylic oxidation sites excluding steroid dienone is 2. The summed E-state index contributed by atoms with van der Waals surface area (Å²) >= 11 is 0. The molecule has 3 aromatic rings. The summed E-state index contributed by atoms with van der Waals surface area (Å²) in [4.78, 5) is 60.1. The molecule has 3 saturated heterocycles. The molecule has 1 unspecified atom stereocenters. The van der Waals surface area contributed by atoms with Crippen molar-refractivity contribution >= 4 is 23.5 Å². The first-order valence-electron chi connectivity index (χ1n) is 21.1. The van der Waals surface area contributed by atoms with E-state index in [9.17, 15) is 14.4 Å². The molecule has 7 rings (SSSR count). The molecule has 0 spiro atoms. The molecule has 4 N–H and O–H groups in total. The third-order valence-electron chi connectivity index (χ3n) is 12.8. The van der Waals surface area contributed by atoms with Crippen LogP contribution in [0.25, 0.3) is 16.8 Å². The van der Waals surface area contributed by atoms with Crippen molar-refractivity contribution in [2.45, 2.75) is 128 Å². The summed E-state index contributed by atoms with van der Waals surface area (Å²) in [5, 5.41) is 6.40. The molecule has 13 heteroatoms. The number of hydrogen-bond donors (Lipinski definition) is 4. The van der Waals surface area contributed by atoms with Gasteiger partial charge in [0, 0.05) is 32.3 Å². The molecule has 0 saturated carbocycles. The number of methoxy groups -OCH3 is 1. The largest absolute Gasteiger partial charge is 0.453 e. The van der Waals surface area contributed by atoms with Crippen LogP contribution in [0.4, 0.5) is 4.79 Å². The predicted octanol–water partition coefficient (Wildman–Crippen LogP) is 6.83. The molecule has 2 aromatic heterocycles. The quantitative estimate of drug-likeness (QED) is 0.156. The van der Waals surface area contributed by atoms with Crippen molar-refractivity contribution in [1.29, 1.82) is 0 Å². The third kappa shape index (κ3) is 8.84. The van der Waals surface area contributed by atoms with Gasteiger partial charge in [0.2, 0.25) is 11.8 Å². The fourth-order valence-corrected chi connectivity index (χ4v) is 9.20. The van der Waals surface area contributed by atoms with Gasteiger partial charge in [-0.15, -0.1) is 0 Å². The molecule has 1 aromatic carbocycles. The number of likely N-dealkylation sites (tertiary alicyclic amines) is 2. The van der Waals surface area contributed by atoms with Crippen molar-refractivity contribution in [2.24, 2.45) is 11.8 Å². The molecule has 1 aliphatic carbocycles. The number of amides is 3. The fourth-order valence-electron chi connectivity index (χ4n) is 9.20. The standard InChI is InChI=1S/C44H62N8O5/c1-27(2)37(47-32-17-23-57-24-18-32)41(53)51-21-7-9-35(51)40-46-26-34(49-40)30-15-19-44(5,20-16-30)31-13-11-29(12-14-31)33-25-45-39(48-33)36-10-8-22-52(36)42(54)38(28(3)4)50-43(55)56-6/h11-15,25-28,32,35-38,47H,7-10,16-24H2,1-6H3,(H,45,48)(H,46,49)(H,50,55)/t35-,36-,37+,38-,44?/m0/s1. The van der Waals surface area contributed by atoms with E-state index in [1.54, 1.807) is 0 Å². The van der Waals surface area contributed by atoms with Gasteiger partial charge in [-0.25, -0.2) is 14.8 Å². The van der Waals surface area contributed by atoms with Crippen LogP contribution in [0.15, 0.2) is 42.7 Å². The number of aromatic nitrogens is 4. The number of imidazole rings is 2. The van der Waals surface area contributed by atoms with Crippen LogP contribution in [0, 0.1) is 11.8 Å². The molecule has 4 aliphatic rings. The highest BCUT2D eigenvalue weighted by Gasteiger charge is 2.39. The Balaban J connectivity index is 0.979. The zero-order valence-corrected chi connectivity index (χ0v) is 34.6. The van der Waals surface area contributed by atoms with E-state index < -0.39 is 12.1 Å². The van der Waals surface area contributed by atoms with Crippen LogP contribution in [0.1, 0.15) is 127 Å². The molecular formula is C44H62N8O5. The van der Waals surface area contributed by atoms with Crippen molar-refractivity contribution in [3.63, 3.8) is 0 Å². The Morgan fingerprint density at radius 1 is 0.842 bits per heavy atom. The SMILES string of the molecule is COC(=O)N[C@H](C(=O)N1CCC[C@H]1c1ncc(-c2ccc(C3(C)CC=C(c4cnc([C@@H]5CCCN5C(=O)[C@H](NC5CCOCC5)C(C)C)[nH]4)CC3)cc2)[nH]1)C(C)C. The second-order valence-electron chi connectivity index (χ2n) is 17.4. The Morgan fingerprint density at radius 2 is 1.42 bits per heavy atom. The average molecular weight is 783 g/mol. The molecular weight excluding hydrogens is 721 g/mol. The van der Waals surface area contributed by atoms with Gasteiger partial charge in [-0.3, -0.25) is 9.59 Å².